The summed E-state index contributed by atoms with van der Waals surface area (Å²) in [5, 5.41) is 0.856. The van der Waals surface area contributed by atoms with Crippen molar-refractivity contribution in [2.24, 2.45) is 0 Å². The SMILES string of the molecule is C=CCn1c(SCC(=O)c2cc(C)ccc2C)nc2ccccc21. The summed E-state index contributed by atoms with van der Waals surface area (Å²) in [6, 6.07) is 14.0. The number of para-hydroxylation sites is 2. The second-order valence-corrected chi connectivity index (χ2v) is 6.76. The molecular weight excluding hydrogens is 316 g/mol. The van der Waals surface area contributed by atoms with Gasteiger partial charge in [0.25, 0.3) is 0 Å². The topological polar surface area (TPSA) is 34.9 Å². The highest BCUT2D eigenvalue weighted by molar-refractivity contribution is 7.99. The molecule has 122 valence electrons. The predicted octanol–water partition coefficient (Wildman–Crippen LogP) is 4.81. The zero-order valence-electron chi connectivity index (χ0n) is 14.0. The van der Waals surface area contributed by atoms with Gasteiger partial charge in [0.1, 0.15) is 0 Å². The zero-order chi connectivity index (χ0) is 17.1. The Balaban J connectivity index is 1.85. The molecule has 0 aliphatic carbocycles. The van der Waals surface area contributed by atoms with E-state index in [0.717, 1.165) is 32.9 Å². The van der Waals surface area contributed by atoms with E-state index < -0.39 is 0 Å². The predicted molar refractivity (Wildman–Crippen MR) is 101 cm³/mol. The van der Waals surface area contributed by atoms with E-state index in [1.807, 2.05) is 62.4 Å². The van der Waals surface area contributed by atoms with Crippen molar-refractivity contribution in [2.45, 2.75) is 25.5 Å². The lowest BCUT2D eigenvalue weighted by molar-refractivity contribution is 0.102. The molecule has 0 aliphatic rings. The van der Waals surface area contributed by atoms with Crippen LogP contribution < -0.4 is 0 Å². The highest BCUT2D eigenvalue weighted by Crippen LogP contribution is 2.25. The summed E-state index contributed by atoms with van der Waals surface area (Å²) in [7, 11) is 0. The van der Waals surface area contributed by atoms with Crippen molar-refractivity contribution in [1.29, 1.82) is 0 Å². The number of nitrogens with zero attached hydrogens (tertiary/aromatic N) is 2. The molecule has 3 rings (SSSR count). The van der Waals surface area contributed by atoms with Gasteiger partial charge >= 0.3 is 0 Å². The number of hydrogen-bond donors (Lipinski definition) is 0. The van der Waals surface area contributed by atoms with Crippen LogP contribution in [-0.2, 0) is 6.54 Å². The molecule has 0 saturated heterocycles. The molecule has 0 amide bonds. The van der Waals surface area contributed by atoms with Crippen LogP contribution in [-0.4, -0.2) is 21.1 Å². The van der Waals surface area contributed by atoms with Crippen molar-refractivity contribution >= 4 is 28.6 Å². The number of imidazole rings is 1. The third kappa shape index (κ3) is 3.29. The molecule has 1 heterocycles. The molecule has 4 heteroatoms. The first-order valence-electron chi connectivity index (χ1n) is 7.89. The Hall–Kier alpha value is -2.33. The van der Waals surface area contributed by atoms with Crippen LogP contribution in [0.3, 0.4) is 0 Å². The summed E-state index contributed by atoms with van der Waals surface area (Å²) in [5.41, 5.74) is 4.94. The third-order valence-electron chi connectivity index (χ3n) is 3.96. The fourth-order valence-electron chi connectivity index (χ4n) is 2.71. The van der Waals surface area contributed by atoms with Crippen LogP contribution in [0.2, 0.25) is 0 Å². The Labute approximate surface area is 146 Å². The van der Waals surface area contributed by atoms with Crippen molar-refractivity contribution in [1.82, 2.24) is 9.55 Å². The number of benzene rings is 2. The lowest BCUT2D eigenvalue weighted by Gasteiger charge is -2.08. The van der Waals surface area contributed by atoms with E-state index in [4.69, 9.17) is 0 Å². The molecule has 0 aliphatic heterocycles. The van der Waals surface area contributed by atoms with Crippen LogP contribution in [0, 0.1) is 13.8 Å². The van der Waals surface area contributed by atoms with Gasteiger partial charge in [-0.15, -0.1) is 6.58 Å². The largest absolute Gasteiger partial charge is 0.315 e. The second kappa shape index (κ2) is 7.05. The summed E-state index contributed by atoms with van der Waals surface area (Å²) in [6.07, 6.45) is 1.85. The van der Waals surface area contributed by atoms with Gasteiger partial charge in [0.2, 0.25) is 0 Å². The Morgan fingerprint density at radius 3 is 2.83 bits per heavy atom. The molecule has 24 heavy (non-hydrogen) atoms. The van der Waals surface area contributed by atoms with Crippen molar-refractivity contribution in [3.63, 3.8) is 0 Å². The van der Waals surface area contributed by atoms with Crippen molar-refractivity contribution < 1.29 is 4.79 Å². The maximum absolute atomic E-state index is 12.6. The summed E-state index contributed by atoms with van der Waals surface area (Å²) in [6.45, 7) is 8.49. The van der Waals surface area contributed by atoms with Gasteiger partial charge in [0.15, 0.2) is 10.9 Å². The number of rotatable bonds is 6. The van der Waals surface area contributed by atoms with E-state index in [0.29, 0.717) is 12.3 Å². The molecule has 0 N–H and O–H groups in total. The van der Waals surface area contributed by atoms with E-state index in [9.17, 15) is 4.79 Å². The number of fused-ring (bicyclic) bond motifs is 1. The molecule has 0 bridgehead atoms. The maximum atomic E-state index is 12.6. The minimum Gasteiger partial charge on any atom is -0.315 e. The number of aromatic nitrogens is 2. The normalized spacial score (nSPS) is 10.9. The van der Waals surface area contributed by atoms with E-state index in [-0.39, 0.29) is 5.78 Å². The number of carbonyl (C=O) groups is 1. The molecule has 0 atom stereocenters. The van der Waals surface area contributed by atoms with Crippen LogP contribution in [0.1, 0.15) is 21.5 Å². The van der Waals surface area contributed by atoms with Gasteiger partial charge in [-0.3, -0.25) is 4.79 Å². The smallest absolute Gasteiger partial charge is 0.173 e. The van der Waals surface area contributed by atoms with Crippen molar-refractivity contribution in [3.8, 4) is 0 Å². The average molecular weight is 336 g/mol. The van der Waals surface area contributed by atoms with Gasteiger partial charge in [0.05, 0.1) is 16.8 Å². The minimum absolute atomic E-state index is 0.137. The first-order chi connectivity index (χ1) is 11.6. The summed E-state index contributed by atoms with van der Waals surface area (Å²) in [5.74, 6) is 0.517. The van der Waals surface area contributed by atoms with Crippen LogP contribution in [0.4, 0.5) is 0 Å². The number of ketones is 1. The molecule has 0 radical (unpaired) electrons. The Morgan fingerprint density at radius 2 is 2.04 bits per heavy atom. The molecule has 2 aromatic carbocycles. The number of carbonyl (C=O) groups excluding carboxylic acids is 1. The van der Waals surface area contributed by atoms with Crippen LogP contribution in [0.15, 0.2) is 60.3 Å². The maximum Gasteiger partial charge on any atom is 0.173 e. The first-order valence-corrected chi connectivity index (χ1v) is 8.88. The van der Waals surface area contributed by atoms with E-state index in [1.54, 1.807) is 0 Å². The fourth-order valence-corrected chi connectivity index (χ4v) is 3.62. The number of Topliss-reactive ketones (excluding diaryl/α,β-unsaturated/α-hetero) is 1. The van der Waals surface area contributed by atoms with Gasteiger partial charge in [-0.25, -0.2) is 4.98 Å². The number of allylic oxidation sites excluding steroid dienone is 1. The molecule has 0 saturated carbocycles. The van der Waals surface area contributed by atoms with Gasteiger partial charge in [-0.05, 0) is 37.6 Å². The Morgan fingerprint density at radius 1 is 1.25 bits per heavy atom. The lowest BCUT2D eigenvalue weighted by atomic mass is 10.0. The standard InChI is InChI=1S/C20H20N2OS/c1-4-11-22-18-8-6-5-7-17(18)21-20(22)24-13-19(23)16-12-14(2)9-10-15(16)3/h4-10,12H,1,11,13H2,2-3H3. The summed E-state index contributed by atoms with van der Waals surface area (Å²) in [4.78, 5) is 17.3. The molecule has 3 nitrogen and oxygen atoms in total. The summed E-state index contributed by atoms with van der Waals surface area (Å²) < 4.78 is 2.10. The molecular formula is C20H20N2OS. The Kier molecular flexibility index (Phi) is 4.86. The van der Waals surface area contributed by atoms with Crippen molar-refractivity contribution in [3.05, 3.63) is 71.8 Å². The third-order valence-corrected chi connectivity index (χ3v) is 4.93. The van der Waals surface area contributed by atoms with Crippen LogP contribution in [0.25, 0.3) is 11.0 Å². The lowest BCUT2D eigenvalue weighted by Crippen LogP contribution is -2.06. The fraction of sp³-hybridized carbons (Fsp3) is 0.200. The number of aryl methyl sites for hydroxylation is 2. The molecule has 0 fully saturated rings. The second-order valence-electron chi connectivity index (χ2n) is 5.81. The Bertz CT molecular complexity index is 911. The number of hydrogen-bond acceptors (Lipinski definition) is 3. The van der Waals surface area contributed by atoms with Gasteiger partial charge in [-0.2, -0.15) is 0 Å². The highest BCUT2D eigenvalue weighted by atomic mass is 32.2. The molecule has 0 spiro atoms. The highest BCUT2D eigenvalue weighted by Gasteiger charge is 2.14. The van der Waals surface area contributed by atoms with Crippen molar-refractivity contribution in [2.75, 3.05) is 5.75 Å². The van der Waals surface area contributed by atoms with E-state index in [2.05, 4.69) is 16.1 Å². The van der Waals surface area contributed by atoms with Gasteiger partial charge < -0.3 is 4.57 Å². The van der Waals surface area contributed by atoms with Gasteiger partial charge in [-0.1, -0.05) is 47.7 Å². The quantitative estimate of drug-likeness (QED) is 0.368. The average Bonchev–Trinajstić information content (AvgIpc) is 2.93. The van der Waals surface area contributed by atoms with Gasteiger partial charge in [0, 0.05) is 12.1 Å². The molecule has 1 aromatic heterocycles. The minimum atomic E-state index is 0.137. The molecule has 3 aromatic rings. The first kappa shape index (κ1) is 16.5. The summed E-state index contributed by atoms with van der Waals surface area (Å²) >= 11 is 1.48. The van der Waals surface area contributed by atoms with E-state index >= 15 is 0 Å². The van der Waals surface area contributed by atoms with E-state index in [1.165, 1.54) is 11.8 Å². The molecule has 0 unspecified atom stereocenters. The number of thioether (sulfide) groups is 1. The van der Waals surface area contributed by atoms with Crippen LogP contribution in [0.5, 0.6) is 0 Å². The monoisotopic (exact) mass is 336 g/mol. The zero-order valence-corrected chi connectivity index (χ0v) is 14.8. The van der Waals surface area contributed by atoms with Crippen LogP contribution >= 0.6 is 11.8 Å².